The van der Waals surface area contributed by atoms with Gasteiger partial charge in [0.2, 0.25) is 5.91 Å². The highest BCUT2D eigenvalue weighted by Gasteiger charge is 2.03. The van der Waals surface area contributed by atoms with Crippen LogP contribution in [0.2, 0.25) is 0 Å². The highest BCUT2D eigenvalue weighted by Crippen LogP contribution is 2.14. The Kier molecular flexibility index (Phi) is 2.76. The number of para-hydroxylation sites is 2. The molecule has 94 valence electrons. The normalized spacial score (nSPS) is 10.7. The molecule has 4 heteroatoms. The first-order chi connectivity index (χ1) is 9.24. The van der Waals surface area contributed by atoms with Crippen LogP contribution in [0.25, 0.3) is 11.0 Å². The third-order valence-corrected chi connectivity index (χ3v) is 3.12. The Balaban J connectivity index is 1.90. The molecule has 2 N–H and O–H groups in total. The minimum absolute atomic E-state index is 0.403. The maximum absolute atomic E-state index is 11.0. The number of hydrogen-bond donors (Lipinski definition) is 1. The van der Waals surface area contributed by atoms with Crippen LogP contribution in [-0.4, -0.2) is 15.5 Å². The number of nitrogens with two attached hydrogens (primary N) is 1. The van der Waals surface area contributed by atoms with Gasteiger partial charge in [-0.15, -0.1) is 0 Å². The zero-order valence-electron chi connectivity index (χ0n) is 10.3. The third kappa shape index (κ3) is 2.20. The summed E-state index contributed by atoms with van der Waals surface area (Å²) in [6, 6.07) is 15.3. The Bertz CT molecular complexity index is 728. The van der Waals surface area contributed by atoms with E-state index in [0.717, 1.165) is 23.1 Å². The van der Waals surface area contributed by atoms with Crippen LogP contribution in [0.3, 0.4) is 0 Å². The van der Waals surface area contributed by atoms with Gasteiger partial charge in [-0.25, -0.2) is 4.98 Å². The number of carbonyl (C=O) groups excluding carboxylic acids is 1. The van der Waals surface area contributed by atoms with Crippen LogP contribution in [0.1, 0.15) is 15.9 Å². The average molecular weight is 251 g/mol. The Morgan fingerprint density at radius 2 is 1.84 bits per heavy atom. The molecule has 0 fully saturated rings. The summed E-state index contributed by atoms with van der Waals surface area (Å²) in [5.74, 6) is -0.403. The zero-order valence-corrected chi connectivity index (χ0v) is 10.3. The van der Waals surface area contributed by atoms with Gasteiger partial charge in [-0.3, -0.25) is 4.79 Å². The number of fused-ring (bicyclic) bond motifs is 1. The fourth-order valence-corrected chi connectivity index (χ4v) is 2.11. The van der Waals surface area contributed by atoms with Crippen LogP contribution in [-0.2, 0) is 6.54 Å². The van der Waals surface area contributed by atoms with E-state index in [4.69, 9.17) is 5.73 Å². The maximum atomic E-state index is 11.0. The summed E-state index contributed by atoms with van der Waals surface area (Å²) in [6.07, 6.45) is 1.83. The lowest BCUT2D eigenvalue weighted by Crippen LogP contribution is -2.10. The van der Waals surface area contributed by atoms with Gasteiger partial charge in [0.1, 0.15) is 0 Å². The van der Waals surface area contributed by atoms with Crippen LogP contribution in [0.4, 0.5) is 0 Å². The van der Waals surface area contributed by atoms with Gasteiger partial charge in [0.05, 0.1) is 17.4 Å². The van der Waals surface area contributed by atoms with E-state index in [1.807, 2.05) is 42.7 Å². The van der Waals surface area contributed by atoms with Crippen molar-refractivity contribution in [3.63, 3.8) is 0 Å². The fraction of sp³-hybridized carbons (Fsp3) is 0.0667. The van der Waals surface area contributed by atoms with E-state index < -0.39 is 5.91 Å². The summed E-state index contributed by atoms with van der Waals surface area (Å²) in [5, 5.41) is 0. The Labute approximate surface area is 110 Å². The van der Waals surface area contributed by atoms with Gasteiger partial charge in [-0.05, 0) is 29.8 Å². The highest BCUT2D eigenvalue weighted by atomic mass is 16.1. The molecule has 1 amide bonds. The van der Waals surface area contributed by atoms with Crippen molar-refractivity contribution in [2.75, 3.05) is 0 Å². The van der Waals surface area contributed by atoms with E-state index in [-0.39, 0.29) is 0 Å². The van der Waals surface area contributed by atoms with Crippen LogP contribution >= 0.6 is 0 Å². The molecule has 1 aromatic heterocycles. The van der Waals surface area contributed by atoms with E-state index in [9.17, 15) is 4.79 Å². The molecule has 0 unspecified atom stereocenters. The summed E-state index contributed by atoms with van der Waals surface area (Å²) in [4.78, 5) is 15.4. The molecule has 3 aromatic rings. The van der Waals surface area contributed by atoms with Crippen molar-refractivity contribution < 1.29 is 4.79 Å². The first-order valence-electron chi connectivity index (χ1n) is 6.02. The highest BCUT2D eigenvalue weighted by molar-refractivity contribution is 5.92. The molecule has 0 aliphatic rings. The second-order valence-electron chi connectivity index (χ2n) is 4.42. The van der Waals surface area contributed by atoms with Gasteiger partial charge in [0, 0.05) is 12.1 Å². The average Bonchev–Trinajstić information content (AvgIpc) is 2.83. The summed E-state index contributed by atoms with van der Waals surface area (Å²) in [6.45, 7) is 0.722. The first kappa shape index (κ1) is 11.5. The lowest BCUT2D eigenvalue weighted by molar-refractivity contribution is 0.100. The number of rotatable bonds is 3. The van der Waals surface area contributed by atoms with Crippen LogP contribution in [0.15, 0.2) is 54.9 Å². The zero-order chi connectivity index (χ0) is 13.2. The van der Waals surface area contributed by atoms with Gasteiger partial charge >= 0.3 is 0 Å². The largest absolute Gasteiger partial charge is 0.366 e. The van der Waals surface area contributed by atoms with E-state index in [1.165, 1.54) is 0 Å². The van der Waals surface area contributed by atoms with Crippen molar-refractivity contribution >= 4 is 16.9 Å². The smallest absolute Gasteiger partial charge is 0.248 e. The van der Waals surface area contributed by atoms with Gasteiger partial charge in [0.15, 0.2) is 0 Å². The molecular weight excluding hydrogens is 238 g/mol. The Morgan fingerprint density at radius 3 is 2.58 bits per heavy atom. The summed E-state index contributed by atoms with van der Waals surface area (Å²) >= 11 is 0. The number of imidazole rings is 1. The van der Waals surface area contributed by atoms with Crippen molar-refractivity contribution in [1.29, 1.82) is 0 Å². The predicted octanol–water partition coefficient (Wildman–Crippen LogP) is 2.18. The van der Waals surface area contributed by atoms with E-state index in [0.29, 0.717) is 5.56 Å². The molecular formula is C15H13N3O. The van der Waals surface area contributed by atoms with Crippen molar-refractivity contribution in [3.05, 3.63) is 66.0 Å². The van der Waals surface area contributed by atoms with Crippen LogP contribution in [0, 0.1) is 0 Å². The summed E-state index contributed by atoms with van der Waals surface area (Å²) in [7, 11) is 0. The molecule has 4 nitrogen and oxygen atoms in total. The number of primary amides is 1. The SMILES string of the molecule is NC(=O)c1ccc(Cn2cnc3ccccc32)cc1. The minimum Gasteiger partial charge on any atom is -0.366 e. The number of hydrogen-bond acceptors (Lipinski definition) is 2. The quantitative estimate of drug-likeness (QED) is 0.775. The second kappa shape index (κ2) is 4.57. The van der Waals surface area contributed by atoms with E-state index in [1.54, 1.807) is 12.1 Å². The molecule has 1 heterocycles. The Hall–Kier alpha value is -2.62. The Morgan fingerprint density at radius 1 is 1.11 bits per heavy atom. The lowest BCUT2D eigenvalue weighted by Gasteiger charge is -2.05. The topological polar surface area (TPSA) is 60.9 Å². The van der Waals surface area contributed by atoms with Gasteiger partial charge in [-0.1, -0.05) is 24.3 Å². The lowest BCUT2D eigenvalue weighted by atomic mass is 10.1. The summed E-state index contributed by atoms with van der Waals surface area (Å²) in [5.41, 5.74) is 8.93. The van der Waals surface area contributed by atoms with Crippen LogP contribution in [0.5, 0.6) is 0 Å². The van der Waals surface area contributed by atoms with E-state index >= 15 is 0 Å². The van der Waals surface area contributed by atoms with Gasteiger partial charge < -0.3 is 10.3 Å². The van der Waals surface area contributed by atoms with Crippen molar-refractivity contribution in [2.45, 2.75) is 6.54 Å². The molecule has 0 atom stereocenters. The molecule has 2 aromatic carbocycles. The molecule has 0 saturated carbocycles. The number of aromatic nitrogens is 2. The number of amides is 1. The van der Waals surface area contributed by atoms with Crippen molar-refractivity contribution in [1.82, 2.24) is 9.55 Å². The summed E-state index contributed by atoms with van der Waals surface area (Å²) < 4.78 is 2.08. The van der Waals surface area contributed by atoms with E-state index in [2.05, 4.69) is 9.55 Å². The maximum Gasteiger partial charge on any atom is 0.248 e. The molecule has 0 aliphatic heterocycles. The van der Waals surface area contributed by atoms with Crippen molar-refractivity contribution in [2.24, 2.45) is 5.73 Å². The molecule has 0 bridgehead atoms. The first-order valence-corrected chi connectivity index (χ1v) is 6.02. The predicted molar refractivity (Wildman–Crippen MR) is 73.8 cm³/mol. The number of nitrogens with zero attached hydrogens (tertiary/aromatic N) is 2. The monoisotopic (exact) mass is 251 g/mol. The third-order valence-electron chi connectivity index (χ3n) is 3.12. The standard InChI is InChI=1S/C15H13N3O/c16-15(19)12-7-5-11(6-8-12)9-18-10-17-13-3-1-2-4-14(13)18/h1-8,10H,9H2,(H2,16,19). The second-order valence-corrected chi connectivity index (χ2v) is 4.42. The molecule has 0 spiro atoms. The van der Waals surface area contributed by atoms with Crippen LogP contribution < -0.4 is 5.73 Å². The molecule has 0 radical (unpaired) electrons. The fourth-order valence-electron chi connectivity index (χ4n) is 2.11. The molecule has 3 rings (SSSR count). The van der Waals surface area contributed by atoms with Gasteiger partial charge in [0.25, 0.3) is 0 Å². The van der Waals surface area contributed by atoms with Gasteiger partial charge in [-0.2, -0.15) is 0 Å². The van der Waals surface area contributed by atoms with Crippen molar-refractivity contribution in [3.8, 4) is 0 Å². The molecule has 0 aliphatic carbocycles. The molecule has 19 heavy (non-hydrogen) atoms. The molecule has 0 saturated heterocycles. The number of carbonyl (C=O) groups is 1. The number of benzene rings is 2. The minimum atomic E-state index is -0.403.